The van der Waals surface area contributed by atoms with Crippen molar-refractivity contribution in [1.29, 1.82) is 0 Å². The van der Waals surface area contributed by atoms with Crippen LogP contribution in [-0.2, 0) is 0 Å². The Labute approximate surface area is 84.9 Å². The summed E-state index contributed by atoms with van der Waals surface area (Å²) in [5, 5.41) is 8.86. The van der Waals surface area contributed by atoms with Gasteiger partial charge in [-0.2, -0.15) is 4.98 Å². The van der Waals surface area contributed by atoms with Gasteiger partial charge in [-0.05, 0) is 13.8 Å². The van der Waals surface area contributed by atoms with Crippen molar-refractivity contribution in [2.24, 2.45) is 0 Å². The lowest BCUT2D eigenvalue weighted by Gasteiger charge is -1.96. The SMILES string of the molecule is Cc1nc(NC(=O)c2ocnc2C)n[nH]1. The normalized spacial score (nSPS) is 10.3. The van der Waals surface area contributed by atoms with Gasteiger partial charge in [0.1, 0.15) is 5.82 Å². The number of hydrogen-bond donors (Lipinski definition) is 2. The summed E-state index contributed by atoms with van der Waals surface area (Å²) >= 11 is 0. The molecule has 0 unspecified atom stereocenters. The number of nitrogens with zero attached hydrogens (tertiary/aromatic N) is 3. The van der Waals surface area contributed by atoms with Gasteiger partial charge in [-0.25, -0.2) is 4.98 Å². The zero-order valence-electron chi connectivity index (χ0n) is 8.24. The predicted octanol–water partition coefficient (Wildman–Crippen LogP) is 0.662. The molecule has 0 saturated heterocycles. The second-order valence-corrected chi connectivity index (χ2v) is 2.97. The minimum atomic E-state index is -0.413. The summed E-state index contributed by atoms with van der Waals surface area (Å²) in [6.45, 7) is 3.42. The van der Waals surface area contributed by atoms with Gasteiger partial charge in [-0.3, -0.25) is 15.2 Å². The summed E-state index contributed by atoms with van der Waals surface area (Å²) in [5.74, 6) is 0.592. The molecular formula is C8H9N5O2. The van der Waals surface area contributed by atoms with E-state index in [2.05, 4.69) is 25.5 Å². The second kappa shape index (κ2) is 3.52. The molecule has 1 amide bonds. The Morgan fingerprint density at radius 2 is 2.33 bits per heavy atom. The number of nitrogens with one attached hydrogen (secondary N) is 2. The van der Waals surface area contributed by atoms with Crippen molar-refractivity contribution in [3.05, 3.63) is 23.7 Å². The number of carbonyl (C=O) groups excluding carboxylic acids is 1. The first-order valence-corrected chi connectivity index (χ1v) is 4.27. The third-order valence-electron chi connectivity index (χ3n) is 1.77. The maximum absolute atomic E-state index is 11.6. The molecule has 2 heterocycles. The molecule has 78 valence electrons. The molecular weight excluding hydrogens is 198 g/mol. The first-order chi connectivity index (χ1) is 7.16. The van der Waals surface area contributed by atoms with Crippen LogP contribution in [0.1, 0.15) is 22.1 Å². The van der Waals surface area contributed by atoms with Gasteiger partial charge in [0.2, 0.25) is 11.7 Å². The molecule has 15 heavy (non-hydrogen) atoms. The molecule has 2 aromatic rings. The van der Waals surface area contributed by atoms with E-state index in [4.69, 9.17) is 4.42 Å². The number of carbonyl (C=O) groups is 1. The molecule has 0 radical (unpaired) electrons. The zero-order chi connectivity index (χ0) is 10.8. The molecule has 0 aliphatic carbocycles. The lowest BCUT2D eigenvalue weighted by molar-refractivity contribution is 0.0995. The summed E-state index contributed by atoms with van der Waals surface area (Å²) in [6.07, 6.45) is 1.22. The van der Waals surface area contributed by atoms with Gasteiger partial charge in [0.25, 0.3) is 5.91 Å². The van der Waals surface area contributed by atoms with Crippen LogP contribution in [0.15, 0.2) is 10.8 Å². The van der Waals surface area contributed by atoms with Crippen molar-refractivity contribution in [2.75, 3.05) is 5.32 Å². The molecule has 0 aromatic carbocycles. The number of amides is 1. The van der Waals surface area contributed by atoms with Gasteiger partial charge in [-0.15, -0.1) is 5.10 Å². The molecule has 7 heteroatoms. The quantitative estimate of drug-likeness (QED) is 0.754. The Morgan fingerprint density at radius 3 is 2.87 bits per heavy atom. The van der Waals surface area contributed by atoms with Crippen LogP contribution in [0, 0.1) is 13.8 Å². The Hall–Kier alpha value is -2.18. The number of aromatic nitrogens is 4. The number of rotatable bonds is 2. The van der Waals surface area contributed by atoms with E-state index >= 15 is 0 Å². The highest BCUT2D eigenvalue weighted by atomic mass is 16.3. The standard InChI is InChI=1S/C8H9N5O2/c1-4-6(15-3-9-4)7(14)11-8-10-5(2)12-13-8/h3H,1-2H3,(H2,10,11,12,13,14). The van der Waals surface area contributed by atoms with Gasteiger partial charge < -0.3 is 4.42 Å². The maximum atomic E-state index is 11.6. The highest BCUT2D eigenvalue weighted by Crippen LogP contribution is 2.07. The number of H-pyrrole nitrogens is 1. The first-order valence-electron chi connectivity index (χ1n) is 4.27. The van der Waals surface area contributed by atoms with Crippen LogP contribution in [0.5, 0.6) is 0 Å². The topological polar surface area (TPSA) is 96.7 Å². The number of aromatic amines is 1. The highest BCUT2D eigenvalue weighted by Gasteiger charge is 2.15. The number of hydrogen-bond acceptors (Lipinski definition) is 5. The molecule has 0 bridgehead atoms. The van der Waals surface area contributed by atoms with E-state index in [-0.39, 0.29) is 11.7 Å². The molecule has 0 spiro atoms. The number of oxazole rings is 1. The second-order valence-electron chi connectivity index (χ2n) is 2.97. The van der Waals surface area contributed by atoms with Crippen LogP contribution in [0.2, 0.25) is 0 Å². The zero-order valence-corrected chi connectivity index (χ0v) is 8.24. The average Bonchev–Trinajstić information content (AvgIpc) is 2.75. The van der Waals surface area contributed by atoms with Crippen LogP contribution in [0.4, 0.5) is 5.95 Å². The monoisotopic (exact) mass is 207 g/mol. The largest absolute Gasteiger partial charge is 0.438 e. The maximum Gasteiger partial charge on any atom is 0.295 e. The fourth-order valence-electron chi connectivity index (χ4n) is 1.08. The number of anilines is 1. The Kier molecular flexibility index (Phi) is 2.20. The van der Waals surface area contributed by atoms with Crippen molar-refractivity contribution < 1.29 is 9.21 Å². The summed E-state index contributed by atoms with van der Waals surface area (Å²) in [4.78, 5) is 19.3. The lowest BCUT2D eigenvalue weighted by Crippen LogP contribution is -2.13. The smallest absolute Gasteiger partial charge is 0.295 e. The molecule has 2 aromatic heterocycles. The van der Waals surface area contributed by atoms with Crippen LogP contribution in [0.3, 0.4) is 0 Å². The molecule has 2 N–H and O–H groups in total. The van der Waals surface area contributed by atoms with Crippen molar-refractivity contribution in [2.45, 2.75) is 13.8 Å². The lowest BCUT2D eigenvalue weighted by atomic mass is 10.3. The minimum Gasteiger partial charge on any atom is -0.438 e. The van der Waals surface area contributed by atoms with Crippen molar-refractivity contribution in [3.63, 3.8) is 0 Å². The van der Waals surface area contributed by atoms with Crippen molar-refractivity contribution in [3.8, 4) is 0 Å². The Morgan fingerprint density at radius 1 is 1.53 bits per heavy atom. The molecule has 0 aliphatic heterocycles. The van der Waals surface area contributed by atoms with Crippen molar-refractivity contribution in [1.82, 2.24) is 20.2 Å². The van der Waals surface area contributed by atoms with E-state index in [1.54, 1.807) is 13.8 Å². The fraction of sp³-hybridized carbons (Fsp3) is 0.250. The van der Waals surface area contributed by atoms with Gasteiger partial charge in [0, 0.05) is 0 Å². The van der Waals surface area contributed by atoms with Gasteiger partial charge >= 0.3 is 0 Å². The third-order valence-corrected chi connectivity index (χ3v) is 1.77. The van der Waals surface area contributed by atoms with Gasteiger partial charge in [0.15, 0.2) is 6.39 Å². The van der Waals surface area contributed by atoms with Crippen LogP contribution in [0.25, 0.3) is 0 Å². The van der Waals surface area contributed by atoms with Gasteiger partial charge in [-0.1, -0.05) is 0 Å². The molecule has 2 rings (SSSR count). The minimum absolute atomic E-state index is 0.164. The summed E-state index contributed by atoms with van der Waals surface area (Å²) in [7, 11) is 0. The van der Waals surface area contributed by atoms with E-state index in [1.807, 2.05) is 0 Å². The van der Waals surface area contributed by atoms with E-state index < -0.39 is 5.91 Å². The van der Waals surface area contributed by atoms with Crippen LogP contribution in [-0.4, -0.2) is 26.1 Å². The highest BCUT2D eigenvalue weighted by molar-refractivity contribution is 6.01. The van der Waals surface area contributed by atoms with Crippen molar-refractivity contribution >= 4 is 11.9 Å². The van der Waals surface area contributed by atoms with E-state index in [9.17, 15) is 4.79 Å². The van der Waals surface area contributed by atoms with E-state index in [0.29, 0.717) is 11.5 Å². The van der Waals surface area contributed by atoms with E-state index in [1.165, 1.54) is 6.39 Å². The molecule has 0 fully saturated rings. The third kappa shape index (κ3) is 1.85. The Bertz CT molecular complexity index is 487. The summed E-state index contributed by atoms with van der Waals surface area (Å²) in [6, 6.07) is 0. The van der Waals surface area contributed by atoms with Crippen LogP contribution < -0.4 is 5.32 Å². The molecule has 0 saturated carbocycles. The Balaban J connectivity index is 2.14. The summed E-state index contributed by atoms with van der Waals surface area (Å²) in [5.41, 5.74) is 0.528. The molecule has 0 atom stereocenters. The van der Waals surface area contributed by atoms with Crippen LogP contribution >= 0.6 is 0 Å². The van der Waals surface area contributed by atoms with E-state index in [0.717, 1.165) is 0 Å². The molecule has 0 aliphatic rings. The summed E-state index contributed by atoms with van der Waals surface area (Å²) < 4.78 is 4.92. The number of aryl methyl sites for hydroxylation is 2. The first kappa shape index (κ1) is 9.38. The van der Waals surface area contributed by atoms with Gasteiger partial charge in [0.05, 0.1) is 5.69 Å². The predicted molar refractivity (Wildman–Crippen MR) is 50.3 cm³/mol. The average molecular weight is 207 g/mol. The fourth-order valence-corrected chi connectivity index (χ4v) is 1.08. The molecule has 7 nitrogen and oxygen atoms in total.